The molecule has 0 aliphatic carbocycles. The van der Waals surface area contributed by atoms with Crippen LogP contribution in [0.4, 0.5) is 0 Å². The molecule has 0 N–H and O–H groups in total. The molecular formula is C7H15N2O3PS. The van der Waals surface area contributed by atoms with E-state index in [1.807, 2.05) is 20.8 Å². The normalized spacial score (nSPS) is 29.9. The van der Waals surface area contributed by atoms with Crippen molar-refractivity contribution >= 4 is 19.1 Å². The topological polar surface area (TPSA) is 59.0 Å². The molecule has 1 unspecified atom stereocenters. The van der Waals surface area contributed by atoms with Crippen LogP contribution in [0.5, 0.6) is 0 Å². The van der Waals surface area contributed by atoms with Crippen LogP contribution in [0.1, 0.15) is 27.2 Å². The third-order valence-electron chi connectivity index (χ3n) is 1.99. The van der Waals surface area contributed by atoms with Gasteiger partial charge in [0.05, 0.1) is 6.61 Å². The minimum Gasteiger partial charge on any atom is -0.300 e. The summed E-state index contributed by atoms with van der Waals surface area (Å²) in [6.45, 7) is 6.86. The molecule has 0 aromatic rings. The molecule has 0 amide bonds. The van der Waals surface area contributed by atoms with Crippen molar-refractivity contribution in [3.8, 4) is 0 Å². The summed E-state index contributed by atoms with van der Waals surface area (Å²) in [5.41, 5.74) is -0.296. The third-order valence-corrected chi connectivity index (χ3v) is 5.01. The zero-order valence-electron chi connectivity index (χ0n) is 8.60. The molecule has 1 atom stereocenters. The van der Waals surface area contributed by atoms with Gasteiger partial charge in [-0.25, -0.2) is 9.24 Å². The second-order valence-electron chi connectivity index (χ2n) is 4.13. The highest BCUT2D eigenvalue weighted by molar-refractivity contribution is 7.67. The van der Waals surface area contributed by atoms with Crippen molar-refractivity contribution in [2.45, 2.75) is 32.7 Å². The summed E-state index contributed by atoms with van der Waals surface area (Å²) >= 11 is -0.0279. The summed E-state index contributed by atoms with van der Waals surface area (Å²) < 4.78 is 32.8. The lowest BCUT2D eigenvalue weighted by atomic mass is 10.1. The Labute approximate surface area is 87.6 Å². The first kappa shape index (κ1) is 12.0. The molecule has 1 rings (SSSR count). The van der Waals surface area contributed by atoms with Crippen molar-refractivity contribution < 1.29 is 13.3 Å². The highest BCUT2D eigenvalue weighted by Crippen LogP contribution is 2.57. The van der Waals surface area contributed by atoms with Gasteiger partial charge >= 0.3 is 7.67 Å². The van der Waals surface area contributed by atoms with Gasteiger partial charge in [0.15, 0.2) is 0 Å². The van der Waals surface area contributed by atoms with Crippen LogP contribution in [0.25, 0.3) is 0 Å². The summed E-state index contributed by atoms with van der Waals surface area (Å²) in [7, 11) is -3.24. The summed E-state index contributed by atoms with van der Waals surface area (Å²) in [5, 5.41) is 0. The van der Waals surface area contributed by atoms with E-state index in [9.17, 15) is 8.77 Å². The zero-order chi connectivity index (χ0) is 10.8. The fourth-order valence-electron chi connectivity index (χ4n) is 1.42. The average molecular weight is 238 g/mol. The Bertz CT molecular complexity index is 309. The van der Waals surface area contributed by atoms with Gasteiger partial charge in [-0.2, -0.15) is 4.21 Å². The van der Waals surface area contributed by atoms with Gasteiger partial charge in [-0.3, -0.25) is 4.52 Å². The van der Waals surface area contributed by atoms with Gasteiger partial charge in [-0.1, -0.05) is 4.13 Å². The maximum atomic E-state index is 12.1. The number of hydrogen-bond donors (Lipinski definition) is 0. The third kappa shape index (κ3) is 2.51. The molecule has 5 nitrogen and oxygen atoms in total. The SMILES string of the molecule is CC(C)(C)N1CCCOP1(=O)N=S=O. The predicted molar refractivity (Wildman–Crippen MR) is 55.2 cm³/mol. The Hall–Kier alpha value is -0.0300. The number of nitrogens with zero attached hydrogens (tertiary/aromatic N) is 2. The van der Waals surface area contributed by atoms with Gasteiger partial charge in [-0.15, -0.1) is 0 Å². The van der Waals surface area contributed by atoms with Gasteiger partial charge in [0.25, 0.3) is 0 Å². The molecule has 1 aliphatic rings. The maximum absolute atomic E-state index is 12.1. The van der Waals surface area contributed by atoms with Gasteiger partial charge < -0.3 is 0 Å². The quantitative estimate of drug-likeness (QED) is 0.656. The molecule has 1 saturated heterocycles. The first-order valence-corrected chi connectivity index (χ1v) is 6.67. The molecule has 0 bridgehead atoms. The Morgan fingerprint density at radius 1 is 1.50 bits per heavy atom. The van der Waals surface area contributed by atoms with Crippen LogP contribution in [0, 0.1) is 0 Å². The summed E-state index contributed by atoms with van der Waals surface area (Å²) in [6, 6.07) is 0. The number of rotatable bonds is 1. The molecule has 82 valence electrons. The van der Waals surface area contributed by atoms with Gasteiger partial charge in [-0.05, 0) is 27.2 Å². The molecule has 7 heteroatoms. The summed E-state index contributed by atoms with van der Waals surface area (Å²) in [4.78, 5) is 0. The molecule has 1 aliphatic heterocycles. The molecule has 0 spiro atoms. The predicted octanol–water partition coefficient (Wildman–Crippen LogP) is 2.01. The van der Waals surface area contributed by atoms with Crippen molar-refractivity contribution in [2.75, 3.05) is 13.2 Å². The van der Waals surface area contributed by atoms with E-state index in [-0.39, 0.29) is 17.0 Å². The van der Waals surface area contributed by atoms with Crippen molar-refractivity contribution in [2.24, 2.45) is 4.13 Å². The molecule has 0 aromatic carbocycles. The van der Waals surface area contributed by atoms with E-state index >= 15 is 0 Å². The lowest BCUT2D eigenvalue weighted by Crippen LogP contribution is -2.41. The fourth-order valence-corrected chi connectivity index (χ4v) is 3.96. The highest BCUT2D eigenvalue weighted by atomic mass is 32.1. The first-order valence-electron chi connectivity index (χ1n) is 4.44. The first-order chi connectivity index (χ1) is 6.40. The van der Waals surface area contributed by atoms with Crippen molar-refractivity contribution in [1.82, 2.24) is 4.67 Å². The molecule has 0 saturated carbocycles. The molecule has 0 radical (unpaired) electrons. The molecule has 14 heavy (non-hydrogen) atoms. The van der Waals surface area contributed by atoms with E-state index < -0.39 is 7.67 Å². The molecular weight excluding hydrogens is 223 g/mol. The van der Waals surface area contributed by atoms with E-state index in [4.69, 9.17) is 4.52 Å². The van der Waals surface area contributed by atoms with Crippen LogP contribution < -0.4 is 0 Å². The second kappa shape index (κ2) is 4.23. The van der Waals surface area contributed by atoms with E-state index in [0.29, 0.717) is 13.2 Å². The summed E-state index contributed by atoms with van der Waals surface area (Å²) in [6.07, 6.45) is 0.820. The minimum absolute atomic E-state index is 0.0279. The Kier molecular flexibility index (Phi) is 3.63. The largest absolute Gasteiger partial charge is 0.402 e. The highest BCUT2D eigenvalue weighted by Gasteiger charge is 2.41. The smallest absolute Gasteiger partial charge is 0.300 e. The summed E-state index contributed by atoms with van der Waals surface area (Å²) in [5.74, 6) is 0. The standard InChI is InChI=1S/C7H15N2O3PS/c1-7(2,3)9-5-4-6-12-13(9,10)8-14-11/h4-6H2,1-3H3. The fraction of sp³-hybridized carbons (Fsp3) is 1.00. The van der Waals surface area contributed by atoms with E-state index in [0.717, 1.165) is 6.42 Å². The van der Waals surface area contributed by atoms with Gasteiger partial charge in [0, 0.05) is 12.1 Å². The van der Waals surface area contributed by atoms with Crippen LogP contribution in [0.15, 0.2) is 4.13 Å². The Balaban J connectivity index is 3.01. The zero-order valence-corrected chi connectivity index (χ0v) is 10.3. The van der Waals surface area contributed by atoms with Gasteiger partial charge in [0.2, 0.25) is 11.5 Å². The van der Waals surface area contributed by atoms with Crippen LogP contribution in [0.2, 0.25) is 0 Å². The van der Waals surface area contributed by atoms with E-state index in [1.165, 1.54) is 0 Å². The lowest BCUT2D eigenvalue weighted by Gasteiger charge is -2.40. The second-order valence-corrected chi connectivity index (χ2v) is 6.65. The monoisotopic (exact) mass is 238 g/mol. The molecule has 0 aromatic heterocycles. The van der Waals surface area contributed by atoms with Crippen LogP contribution >= 0.6 is 7.67 Å². The Morgan fingerprint density at radius 2 is 2.14 bits per heavy atom. The van der Waals surface area contributed by atoms with Crippen molar-refractivity contribution in [3.63, 3.8) is 0 Å². The van der Waals surface area contributed by atoms with Crippen molar-refractivity contribution in [3.05, 3.63) is 0 Å². The van der Waals surface area contributed by atoms with E-state index in [2.05, 4.69) is 4.13 Å². The maximum Gasteiger partial charge on any atom is 0.402 e. The molecule has 1 fully saturated rings. The Morgan fingerprint density at radius 3 is 2.64 bits per heavy atom. The van der Waals surface area contributed by atoms with E-state index in [1.54, 1.807) is 4.67 Å². The lowest BCUT2D eigenvalue weighted by molar-refractivity contribution is 0.146. The van der Waals surface area contributed by atoms with Crippen LogP contribution in [-0.4, -0.2) is 27.6 Å². The number of hydrogen-bond acceptors (Lipinski definition) is 3. The average Bonchev–Trinajstić information content (AvgIpc) is 2.02. The molecule has 1 heterocycles. The van der Waals surface area contributed by atoms with Gasteiger partial charge in [0.1, 0.15) is 0 Å². The van der Waals surface area contributed by atoms with Crippen LogP contribution in [0.3, 0.4) is 0 Å². The van der Waals surface area contributed by atoms with Crippen LogP contribution in [-0.2, 0) is 20.6 Å². The van der Waals surface area contributed by atoms with Crippen molar-refractivity contribution in [1.29, 1.82) is 0 Å². The minimum atomic E-state index is -3.24.